The third kappa shape index (κ3) is 4.47. The van der Waals surface area contributed by atoms with Crippen molar-refractivity contribution in [1.29, 1.82) is 0 Å². The lowest BCUT2D eigenvalue weighted by Crippen LogP contribution is -2.43. The summed E-state index contributed by atoms with van der Waals surface area (Å²) in [5.74, 6) is -0.538. The Morgan fingerprint density at radius 1 is 1.41 bits per heavy atom. The SMILES string of the molecule is CCCC(C)C(=O)NNC(=O)c1ccc(Br)s1. The van der Waals surface area contributed by atoms with Crippen molar-refractivity contribution in [2.75, 3.05) is 0 Å². The van der Waals surface area contributed by atoms with Gasteiger partial charge in [-0.2, -0.15) is 0 Å². The topological polar surface area (TPSA) is 58.2 Å². The molecule has 0 spiro atoms. The van der Waals surface area contributed by atoms with E-state index in [9.17, 15) is 9.59 Å². The van der Waals surface area contributed by atoms with Gasteiger partial charge in [-0.15, -0.1) is 11.3 Å². The maximum Gasteiger partial charge on any atom is 0.279 e. The Balaban J connectivity index is 2.41. The summed E-state index contributed by atoms with van der Waals surface area (Å²) in [7, 11) is 0. The molecule has 0 radical (unpaired) electrons. The van der Waals surface area contributed by atoms with Crippen LogP contribution in [-0.2, 0) is 4.79 Å². The van der Waals surface area contributed by atoms with Crippen LogP contribution in [0.1, 0.15) is 36.4 Å². The minimum atomic E-state index is -0.294. The van der Waals surface area contributed by atoms with E-state index in [1.807, 2.05) is 13.8 Å². The lowest BCUT2D eigenvalue weighted by Gasteiger charge is -2.11. The van der Waals surface area contributed by atoms with Crippen molar-refractivity contribution in [3.63, 3.8) is 0 Å². The van der Waals surface area contributed by atoms with E-state index in [0.717, 1.165) is 16.6 Å². The third-order valence-electron chi connectivity index (χ3n) is 2.27. The van der Waals surface area contributed by atoms with E-state index in [2.05, 4.69) is 26.8 Å². The van der Waals surface area contributed by atoms with Gasteiger partial charge in [-0.05, 0) is 34.5 Å². The molecule has 0 aliphatic rings. The Kier molecular flexibility index (Phi) is 5.64. The highest BCUT2D eigenvalue weighted by Crippen LogP contribution is 2.21. The average molecular weight is 319 g/mol. The van der Waals surface area contributed by atoms with Crippen LogP contribution in [-0.4, -0.2) is 11.8 Å². The molecule has 2 amide bonds. The molecule has 1 rings (SSSR count). The molecule has 1 unspecified atom stereocenters. The van der Waals surface area contributed by atoms with Gasteiger partial charge in [0.15, 0.2) is 0 Å². The summed E-state index contributed by atoms with van der Waals surface area (Å²) in [4.78, 5) is 23.7. The van der Waals surface area contributed by atoms with Crippen molar-refractivity contribution in [3.05, 3.63) is 20.8 Å². The fourth-order valence-electron chi connectivity index (χ4n) is 1.30. The van der Waals surface area contributed by atoms with Crippen molar-refractivity contribution in [2.24, 2.45) is 5.92 Å². The number of carbonyl (C=O) groups is 2. The van der Waals surface area contributed by atoms with Crippen LogP contribution in [0, 0.1) is 5.92 Å². The molecule has 1 aromatic heterocycles. The molecule has 17 heavy (non-hydrogen) atoms. The predicted molar refractivity (Wildman–Crippen MR) is 71.7 cm³/mol. The third-order valence-corrected chi connectivity index (χ3v) is 3.89. The summed E-state index contributed by atoms with van der Waals surface area (Å²) in [6.07, 6.45) is 1.76. The Hall–Kier alpha value is -0.880. The molecule has 1 aromatic rings. The Morgan fingerprint density at radius 3 is 2.65 bits per heavy atom. The summed E-state index contributed by atoms with van der Waals surface area (Å²) < 4.78 is 0.883. The molecular formula is C11H15BrN2O2S. The minimum absolute atomic E-state index is 0.0876. The maximum atomic E-state index is 11.6. The van der Waals surface area contributed by atoms with Gasteiger partial charge in [-0.3, -0.25) is 20.4 Å². The molecular weight excluding hydrogens is 304 g/mol. The lowest BCUT2D eigenvalue weighted by molar-refractivity contribution is -0.125. The monoisotopic (exact) mass is 318 g/mol. The van der Waals surface area contributed by atoms with Gasteiger partial charge >= 0.3 is 0 Å². The summed E-state index contributed by atoms with van der Waals surface area (Å²) in [6.45, 7) is 3.86. The first-order valence-corrected chi connectivity index (χ1v) is 7.01. The van der Waals surface area contributed by atoms with E-state index in [1.165, 1.54) is 11.3 Å². The van der Waals surface area contributed by atoms with Crippen molar-refractivity contribution in [3.8, 4) is 0 Å². The van der Waals surface area contributed by atoms with Gasteiger partial charge < -0.3 is 0 Å². The van der Waals surface area contributed by atoms with Gasteiger partial charge in [-0.25, -0.2) is 0 Å². The fourth-order valence-corrected chi connectivity index (χ4v) is 2.58. The maximum absolute atomic E-state index is 11.6. The first-order chi connectivity index (χ1) is 8.04. The average Bonchev–Trinajstić information content (AvgIpc) is 2.72. The van der Waals surface area contributed by atoms with Crippen molar-refractivity contribution < 1.29 is 9.59 Å². The molecule has 0 aromatic carbocycles. The quantitative estimate of drug-likeness (QED) is 0.839. The molecule has 0 saturated carbocycles. The molecule has 0 aliphatic carbocycles. The number of carbonyl (C=O) groups excluding carboxylic acids is 2. The number of hydrogen-bond acceptors (Lipinski definition) is 3. The summed E-state index contributed by atoms with van der Waals surface area (Å²) in [6, 6.07) is 3.49. The first-order valence-electron chi connectivity index (χ1n) is 5.40. The zero-order valence-corrected chi connectivity index (χ0v) is 12.2. The van der Waals surface area contributed by atoms with E-state index in [-0.39, 0.29) is 17.7 Å². The zero-order valence-electron chi connectivity index (χ0n) is 9.75. The Labute approximate surface area is 113 Å². The van der Waals surface area contributed by atoms with E-state index >= 15 is 0 Å². The number of rotatable bonds is 4. The van der Waals surface area contributed by atoms with Crippen LogP contribution in [0.5, 0.6) is 0 Å². The van der Waals surface area contributed by atoms with Crippen molar-refractivity contribution >= 4 is 39.1 Å². The van der Waals surface area contributed by atoms with E-state index in [1.54, 1.807) is 12.1 Å². The van der Waals surface area contributed by atoms with Crippen molar-refractivity contribution in [2.45, 2.75) is 26.7 Å². The van der Waals surface area contributed by atoms with Crippen LogP contribution in [0.3, 0.4) is 0 Å². The molecule has 0 bridgehead atoms. The molecule has 0 fully saturated rings. The van der Waals surface area contributed by atoms with Gasteiger partial charge in [-0.1, -0.05) is 20.3 Å². The molecule has 4 nitrogen and oxygen atoms in total. The fraction of sp³-hybridized carbons (Fsp3) is 0.455. The van der Waals surface area contributed by atoms with Crippen molar-refractivity contribution in [1.82, 2.24) is 10.9 Å². The van der Waals surface area contributed by atoms with Crippen LogP contribution in [0.15, 0.2) is 15.9 Å². The molecule has 1 atom stereocenters. The minimum Gasteiger partial charge on any atom is -0.273 e. The van der Waals surface area contributed by atoms with E-state index in [0.29, 0.717) is 4.88 Å². The number of nitrogens with one attached hydrogen (secondary N) is 2. The highest BCUT2D eigenvalue weighted by Gasteiger charge is 2.13. The number of halogens is 1. The summed E-state index contributed by atoms with van der Waals surface area (Å²) in [5.41, 5.74) is 4.83. The Bertz CT molecular complexity index is 406. The number of thiophene rings is 1. The van der Waals surface area contributed by atoms with Gasteiger partial charge in [0.1, 0.15) is 0 Å². The second-order valence-electron chi connectivity index (χ2n) is 3.74. The Morgan fingerprint density at radius 2 is 2.12 bits per heavy atom. The number of hydrogen-bond donors (Lipinski definition) is 2. The second kappa shape index (κ2) is 6.76. The second-order valence-corrected chi connectivity index (χ2v) is 6.20. The zero-order chi connectivity index (χ0) is 12.8. The lowest BCUT2D eigenvalue weighted by atomic mass is 10.1. The number of hydrazine groups is 1. The van der Waals surface area contributed by atoms with E-state index in [4.69, 9.17) is 0 Å². The predicted octanol–water partition coefficient (Wildman–Crippen LogP) is 2.71. The normalized spacial score (nSPS) is 11.9. The van der Waals surface area contributed by atoms with Gasteiger partial charge in [0.2, 0.25) is 5.91 Å². The van der Waals surface area contributed by atoms with Crippen LogP contribution in [0.2, 0.25) is 0 Å². The molecule has 1 heterocycles. The number of amides is 2. The first kappa shape index (κ1) is 14.2. The summed E-state index contributed by atoms with van der Waals surface area (Å²) >= 11 is 4.59. The largest absolute Gasteiger partial charge is 0.279 e. The standard InChI is InChI=1S/C11H15BrN2O2S/c1-3-4-7(2)10(15)13-14-11(16)8-5-6-9(12)17-8/h5-7H,3-4H2,1-2H3,(H,13,15)(H,14,16). The highest BCUT2D eigenvalue weighted by atomic mass is 79.9. The van der Waals surface area contributed by atoms with Crippen LogP contribution in [0.4, 0.5) is 0 Å². The van der Waals surface area contributed by atoms with E-state index < -0.39 is 0 Å². The van der Waals surface area contributed by atoms with Crippen LogP contribution in [0.25, 0.3) is 0 Å². The molecule has 94 valence electrons. The van der Waals surface area contributed by atoms with Gasteiger partial charge in [0, 0.05) is 5.92 Å². The molecule has 6 heteroatoms. The smallest absolute Gasteiger partial charge is 0.273 e. The van der Waals surface area contributed by atoms with Gasteiger partial charge in [0.05, 0.1) is 8.66 Å². The summed E-state index contributed by atoms with van der Waals surface area (Å²) in [5, 5.41) is 0. The van der Waals surface area contributed by atoms with Gasteiger partial charge in [0.25, 0.3) is 5.91 Å². The van der Waals surface area contributed by atoms with Crippen LogP contribution >= 0.6 is 27.3 Å². The molecule has 2 N–H and O–H groups in total. The molecule has 0 aliphatic heterocycles. The van der Waals surface area contributed by atoms with Crippen LogP contribution < -0.4 is 10.9 Å². The molecule has 0 saturated heterocycles. The highest BCUT2D eigenvalue weighted by molar-refractivity contribution is 9.11.